The summed E-state index contributed by atoms with van der Waals surface area (Å²) in [6.07, 6.45) is 0. The van der Waals surface area contributed by atoms with E-state index in [1.54, 1.807) is 19.1 Å². The van der Waals surface area contributed by atoms with Crippen molar-refractivity contribution in [3.8, 4) is 11.5 Å². The number of primary amides is 1. The number of hydrogen-bond donors (Lipinski definition) is 2. The van der Waals surface area contributed by atoms with Crippen molar-refractivity contribution in [1.82, 2.24) is 14.9 Å². The van der Waals surface area contributed by atoms with E-state index in [0.717, 1.165) is 16.9 Å². The van der Waals surface area contributed by atoms with Crippen LogP contribution in [0.25, 0.3) is 11.0 Å². The standard InChI is InChI=1S/C21H25ClN4O3/c1-3-28-10-9-26-19-12-17(29-16-6-4-5-15(22)11-16)7-8-18(19)25-20(26)13-24-14(2)21(23)27/h4-8,11-12,14,24H,3,9-10,13H2,1-2H3,(H2,23,27)/t14-/m0/s1. The Morgan fingerprint density at radius 1 is 1.28 bits per heavy atom. The number of nitrogens with zero attached hydrogens (tertiary/aromatic N) is 2. The van der Waals surface area contributed by atoms with Crippen LogP contribution in [0.3, 0.4) is 0 Å². The number of rotatable bonds is 10. The highest BCUT2D eigenvalue weighted by Gasteiger charge is 2.14. The number of aromatic nitrogens is 2. The number of fused-ring (bicyclic) bond motifs is 1. The smallest absolute Gasteiger partial charge is 0.234 e. The second-order valence-electron chi connectivity index (χ2n) is 6.59. The lowest BCUT2D eigenvalue weighted by Crippen LogP contribution is -2.38. The summed E-state index contributed by atoms with van der Waals surface area (Å²) in [7, 11) is 0. The molecule has 0 aliphatic carbocycles. The Hall–Kier alpha value is -2.61. The summed E-state index contributed by atoms with van der Waals surface area (Å²) in [6, 6.07) is 12.5. The van der Waals surface area contributed by atoms with Gasteiger partial charge in [0.25, 0.3) is 0 Å². The van der Waals surface area contributed by atoms with Crippen molar-refractivity contribution >= 4 is 28.5 Å². The van der Waals surface area contributed by atoms with Crippen LogP contribution in [0.5, 0.6) is 11.5 Å². The zero-order valence-corrected chi connectivity index (χ0v) is 17.3. The number of carbonyl (C=O) groups is 1. The molecule has 0 aliphatic rings. The average Bonchev–Trinajstić information content (AvgIpc) is 3.03. The molecular weight excluding hydrogens is 392 g/mol. The molecule has 1 heterocycles. The molecule has 1 aromatic heterocycles. The lowest BCUT2D eigenvalue weighted by atomic mass is 10.3. The van der Waals surface area contributed by atoms with Gasteiger partial charge in [0.15, 0.2) is 0 Å². The van der Waals surface area contributed by atoms with Crippen molar-refractivity contribution in [1.29, 1.82) is 0 Å². The van der Waals surface area contributed by atoms with Gasteiger partial charge in [-0.1, -0.05) is 17.7 Å². The highest BCUT2D eigenvalue weighted by molar-refractivity contribution is 6.30. The van der Waals surface area contributed by atoms with E-state index in [1.165, 1.54) is 0 Å². The van der Waals surface area contributed by atoms with Gasteiger partial charge in [-0.2, -0.15) is 0 Å². The van der Waals surface area contributed by atoms with Crippen LogP contribution < -0.4 is 15.8 Å². The van der Waals surface area contributed by atoms with Gasteiger partial charge in [0, 0.05) is 24.2 Å². The van der Waals surface area contributed by atoms with E-state index < -0.39 is 11.9 Å². The van der Waals surface area contributed by atoms with Gasteiger partial charge in [-0.15, -0.1) is 0 Å². The number of halogens is 1. The summed E-state index contributed by atoms with van der Waals surface area (Å²) in [6.45, 7) is 5.93. The van der Waals surface area contributed by atoms with E-state index >= 15 is 0 Å². The number of carbonyl (C=O) groups excluding carboxylic acids is 1. The fraction of sp³-hybridized carbons (Fsp3) is 0.333. The molecule has 8 heteroatoms. The molecule has 3 N–H and O–H groups in total. The maximum atomic E-state index is 11.3. The van der Waals surface area contributed by atoms with Crippen molar-refractivity contribution in [2.24, 2.45) is 5.73 Å². The third-order valence-corrected chi connectivity index (χ3v) is 4.72. The van der Waals surface area contributed by atoms with Crippen LogP contribution in [0.2, 0.25) is 5.02 Å². The van der Waals surface area contributed by atoms with E-state index in [4.69, 9.17) is 31.8 Å². The van der Waals surface area contributed by atoms with Gasteiger partial charge in [0.05, 0.1) is 30.2 Å². The number of imidazole rings is 1. The van der Waals surface area contributed by atoms with E-state index in [1.807, 2.05) is 37.3 Å². The van der Waals surface area contributed by atoms with Gasteiger partial charge in [-0.05, 0) is 44.2 Å². The number of nitrogens with two attached hydrogens (primary N) is 1. The monoisotopic (exact) mass is 416 g/mol. The molecule has 7 nitrogen and oxygen atoms in total. The number of ether oxygens (including phenoxy) is 2. The largest absolute Gasteiger partial charge is 0.457 e. The van der Waals surface area contributed by atoms with Crippen molar-refractivity contribution in [2.45, 2.75) is 33.0 Å². The second kappa shape index (κ2) is 9.73. The van der Waals surface area contributed by atoms with Gasteiger partial charge in [-0.3, -0.25) is 10.1 Å². The summed E-state index contributed by atoms with van der Waals surface area (Å²) >= 11 is 6.04. The first-order valence-electron chi connectivity index (χ1n) is 9.51. The van der Waals surface area contributed by atoms with Crippen LogP contribution in [0.15, 0.2) is 42.5 Å². The topological polar surface area (TPSA) is 91.4 Å². The molecule has 3 rings (SSSR count). The normalized spacial score (nSPS) is 12.2. The molecule has 0 saturated heterocycles. The average molecular weight is 417 g/mol. The summed E-state index contributed by atoms with van der Waals surface area (Å²) in [4.78, 5) is 16.0. The summed E-state index contributed by atoms with van der Waals surface area (Å²) < 4.78 is 13.5. The first kappa shape index (κ1) is 21.1. The summed E-state index contributed by atoms with van der Waals surface area (Å²) in [5.41, 5.74) is 7.10. The lowest BCUT2D eigenvalue weighted by molar-refractivity contribution is -0.119. The van der Waals surface area contributed by atoms with Crippen molar-refractivity contribution in [3.05, 3.63) is 53.3 Å². The van der Waals surface area contributed by atoms with E-state index in [0.29, 0.717) is 42.8 Å². The third-order valence-electron chi connectivity index (χ3n) is 4.49. The second-order valence-corrected chi connectivity index (χ2v) is 7.03. The zero-order valence-electron chi connectivity index (χ0n) is 16.5. The van der Waals surface area contributed by atoms with Crippen LogP contribution >= 0.6 is 11.6 Å². The number of amides is 1. The fourth-order valence-electron chi connectivity index (χ4n) is 2.91. The molecule has 0 fully saturated rings. The fourth-order valence-corrected chi connectivity index (χ4v) is 3.09. The minimum atomic E-state index is -0.447. The molecule has 0 saturated carbocycles. The predicted molar refractivity (Wildman–Crippen MR) is 113 cm³/mol. The van der Waals surface area contributed by atoms with Gasteiger partial charge in [-0.25, -0.2) is 4.98 Å². The third kappa shape index (κ3) is 5.47. The SMILES string of the molecule is CCOCCn1c(CN[C@@H](C)C(N)=O)nc2ccc(Oc3cccc(Cl)c3)cc21. The van der Waals surface area contributed by atoms with Crippen molar-refractivity contribution in [3.63, 3.8) is 0 Å². The summed E-state index contributed by atoms with van der Waals surface area (Å²) in [5.74, 6) is 1.74. The molecule has 29 heavy (non-hydrogen) atoms. The van der Waals surface area contributed by atoms with Crippen LogP contribution in [0, 0.1) is 0 Å². The summed E-state index contributed by atoms with van der Waals surface area (Å²) in [5, 5.41) is 3.72. The molecule has 1 amide bonds. The molecular formula is C21H25ClN4O3. The van der Waals surface area contributed by atoms with Crippen LogP contribution in [0.4, 0.5) is 0 Å². The number of nitrogens with one attached hydrogen (secondary N) is 1. The van der Waals surface area contributed by atoms with Gasteiger partial charge in [0.1, 0.15) is 17.3 Å². The Morgan fingerprint density at radius 2 is 2.07 bits per heavy atom. The Bertz CT molecular complexity index is 989. The molecule has 3 aromatic rings. The molecule has 0 aliphatic heterocycles. The molecule has 0 spiro atoms. The Balaban J connectivity index is 1.89. The first-order valence-corrected chi connectivity index (χ1v) is 9.88. The minimum Gasteiger partial charge on any atom is -0.457 e. The predicted octanol–water partition coefficient (Wildman–Crippen LogP) is 3.48. The molecule has 0 unspecified atom stereocenters. The lowest BCUT2D eigenvalue weighted by Gasteiger charge is -2.13. The highest BCUT2D eigenvalue weighted by atomic mass is 35.5. The quantitative estimate of drug-likeness (QED) is 0.494. The highest BCUT2D eigenvalue weighted by Crippen LogP contribution is 2.28. The Kier molecular flexibility index (Phi) is 7.09. The van der Waals surface area contributed by atoms with E-state index in [9.17, 15) is 4.79 Å². The van der Waals surface area contributed by atoms with Gasteiger partial charge in [0.2, 0.25) is 5.91 Å². The van der Waals surface area contributed by atoms with Crippen LogP contribution in [-0.2, 0) is 22.6 Å². The van der Waals surface area contributed by atoms with Gasteiger partial charge < -0.3 is 19.8 Å². The molecule has 0 radical (unpaired) electrons. The number of benzene rings is 2. The van der Waals surface area contributed by atoms with Crippen LogP contribution in [-0.4, -0.2) is 34.7 Å². The van der Waals surface area contributed by atoms with Crippen molar-refractivity contribution in [2.75, 3.05) is 13.2 Å². The van der Waals surface area contributed by atoms with Crippen molar-refractivity contribution < 1.29 is 14.3 Å². The Labute approximate surface area is 174 Å². The molecule has 2 aromatic carbocycles. The maximum absolute atomic E-state index is 11.3. The molecule has 154 valence electrons. The molecule has 1 atom stereocenters. The van der Waals surface area contributed by atoms with Gasteiger partial charge >= 0.3 is 0 Å². The minimum absolute atomic E-state index is 0.404. The van der Waals surface area contributed by atoms with Crippen LogP contribution in [0.1, 0.15) is 19.7 Å². The van der Waals surface area contributed by atoms with E-state index in [-0.39, 0.29) is 0 Å². The first-order chi connectivity index (χ1) is 14.0. The zero-order chi connectivity index (χ0) is 20.8. The molecule has 0 bridgehead atoms. The number of hydrogen-bond acceptors (Lipinski definition) is 5. The maximum Gasteiger partial charge on any atom is 0.234 e. The van der Waals surface area contributed by atoms with E-state index in [2.05, 4.69) is 9.88 Å². The Morgan fingerprint density at radius 3 is 2.79 bits per heavy atom.